The van der Waals surface area contributed by atoms with E-state index in [2.05, 4.69) is 4.90 Å². The van der Waals surface area contributed by atoms with Gasteiger partial charge in [-0.3, -0.25) is 14.5 Å². The summed E-state index contributed by atoms with van der Waals surface area (Å²) in [5.41, 5.74) is 8.16. The van der Waals surface area contributed by atoms with Gasteiger partial charge < -0.3 is 20.1 Å². The smallest absolute Gasteiger partial charge is 0.234 e. The lowest BCUT2D eigenvalue weighted by Gasteiger charge is -2.27. The van der Waals surface area contributed by atoms with Crippen LogP contribution in [0, 0.1) is 5.92 Å². The number of aldehydes is 1. The Morgan fingerprint density at radius 1 is 1.39 bits per heavy atom. The van der Waals surface area contributed by atoms with Gasteiger partial charge in [-0.1, -0.05) is 13.3 Å². The molecule has 0 spiro atoms. The van der Waals surface area contributed by atoms with Gasteiger partial charge in [0.2, 0.25) is 5.91 Å². The highest BCUT2D eigenvalue weighted by Gasteiger charge is 2.30. The molecule has 156 valence electrons. The van der Waals surface area contributed by atoms with Crippen molar-refractivity contribution in [1.82, 2.24) is 4.90 Å². The van der Waals surface area contributed by atoms with E-state index in [1.807, 2.05) is 37.1 Å². The number of nitrogens with two attached hydrogens (primary N) is 1. The third-order valence-electron chi connectivity index (χ3n) is 5.54. The molecule has 1 aromatic carbocycles. The monoisotopic (exact) mass is 391 g/mol. The molecule has 0 saturated carbocycles. The largest absolute Gasteiger partial charge is 0.371 e. The molecule has 0 bridgehead atoms. The van der Waals surface area contributed by atoms with E-state index in [4.69, 9.17) is 15.2 Å². The molecule has 2 rings (SSSR count). The van der Waals surface area contributed by atoms with E-state index in [-0.39, 0.29) is 18.2 Å². The maximum Gasteiger partial charge on any atom is 0.234 e. The van der Waals surface area contributed by atoms with Gasteiger partial charge in [0.1, 0.15) is 6.29 Å². The van der Waals surface area contributed by atoms with Gasteiger partial charge in [0.05, 0.1) is 6.04 Å². The Morgan fingerprint density at radius 3 is 2.68 bits per heavy atom. The van der Waals surface area contributed by atoms with Gasteiger partial charge in [0.25, 0.3) is 0 Å². The Balaban J connectivity index is 2.18. The second kappa shape index (κ2) is 10.5. The molecule has 0 aliphatic carbocycles. The van der Waals surface area contributed by atoms with Crippen LogP contribution in [0.5, 0.6) is 0 Å². The maximum atomic E-state index is 11.8. The number of ether oxygens (including phenoxy) is 2. The highest BCUT2D eigenvalue weighted by Crippen LogP contribution is 2.29. The van der Waals surface area contributed by atoms with Crippen LogP contribution in [0.4, 0.5) is 5.69 Å². The molecule has 1 saturated heterocycles. The van der Waals surface area contributed by atoms with Crippen molar-refractivity contribution in [3.8, 4) is 0 Å². The first-order chi connectivity index (χ1) is 13.4. The zero-order valence-electron chi connectivity index (χ0n) is 17.4. The number of nitrogens with zero attached hydrogens (tertiary/aromatic N) is 2. The molecule has 28 heavy (non-hydrogen) atoms. The summed E-state index contributed by atoms with van der Waals surface area (Å²) in [5.74, 6) is -0.0311. The lowest BCUT2D eigenvalue weighted by atomic mass is 10.0. The number of anilines is 1. The fourth-order valence-electron chi connectivity index (χ4n) is 4.00. The minimum atomic E-state index is -0.339. The zero-order chi connectivity index (χ0) is 20.7. The van der Waals surface area contributed by atoms with E-state index in [1.54, 1.807) is 14.2 Å². The highest BCUT2D eigenvalue weighted by atomic mass is 16.7. The van der Waals surface area contributed by atoms with Crippen LogP contribution in [0.3, 0.4) is 0 Å². The molecule has 0 aromatic heterocycles. The molecule has 0 radical (unpaired) electrons. The molecule has 1 aliphatic heterocycles. The molecule has 2 atom stereocenters. The molecule has 1 aliphatic rings. The van der Waals surface area contributed by atoms with Gasteiger partial charge in [-0.25, -0.2) is 0 Å². The minimum absolute atomic E-state index is 0.213. The number of amides is 1. The van der Waals surface area contributed by atoms with Crippen LogP contribution >= 0.6 is 0 Å². The molecule has 1 heterocycles. The summed E-state index contributed by atoms with van der Waals surface area (Å²) >= 11 is 0. The number of methoxy groups -OCH3 is 2. The van der Waals surface area contributed by atoms with Crippen LogP contribution < -0.4 is 10.6 Å². The fourth-order valence-corrected chi connectivity index (χ4v) is 4.00. The SMILES string of the molecule is CCCC(C(N)=O)N(C)Cc1cc(N2CCC(C(OC)OC)C2)ccc1C=O. The lowest BCUT2D eigenvalue weighted by Crippen LogP contribution is -2.42. The molecule has 7 nitrogen and oxygen atoms in total. The number of primary amides is 1. The van der Waals surface area contributed by atoms with Crippen LogP contribution in [0.2, 0.25) is 0 Å². The standard InChI is InChI=1S/C21H33N3O4/c1-5-6-19(20(22)26)23(2)12-17-11-18(8-7-16(17)14-25)24-10-9-15(13-24)21(27-3)28-4/h7-8,11,14-15,19,21H,5-6,9-10,12-13H2,1-4H3,(H2,22,26). The molecule has 2 unspecified atom stereocenters. The fraction of sp³-hybridized carbons (Fsp3) is 0.619. The van der Waals surface area contributed by atoms with Crippen molar-refractivity contribution in [2.75, 3.05) is 39.3 Å². The molecular weight excluding hydrogens is 358 g/mol. The summed E-state index contributed by atoms with van der Waals surface area (Å²) in [6.45, 7) is 4.26. The Hall–Kier alpha value is -1.96. The first-order valence-electron chi connectivity index (χ1n) is 9.83. The van der Waals surface area contributed by atoms with Gasteiger partial charge in [0.15, 0.2) is 6.29 Å². The molecule has 1 aromatic rings. The molecule has 2 N–H and O–H groups in total. The van der Waals surface area contributed by atoms with Crippen LogP contribution in [0.1, 0.15) is 42.1 Å². The van der Waals surface area contributed by atoms with Crippen LogP contribution in [-0.2, 0) is 20.8 Å². The van der Waals surface area contributed by atoms with E-state index in [0.717, 1.165) is 43.5 Å². The minimum Gasteiger partial charge on any atom is -0.371 e. The van der Waals surface area contributed by atoms with Crippen LogP contribution in [0.25, 0.3) is 0 Å². The summed E-state index contributed by atoms with van der Waals surface area (Å²) < 4.78 is 10.8. The number of likely N-dealkylation sites (N-methyl/N-ethyl adjacent to an activating group) is 1. The summed E-state index contributed by atoms with van der Waals surface area (Å²) in [6.07, 6.45) is 3.20. The Morgan fingerprint density at radius 2 is 2.11 bits per heavy atom. The van der Waals surface area contributed by atoms with E-state index < -0.39 is 0 Å². The molecule has 7 heteroatoms. The van der Waals surface area contributed by atoms with E-state index in [9.17, 15) is 9.59 Å². The second-order valence-corrected chi connectivity index (χ2v) is 7.46. The maximum absolute atomic E-state index is 11.8. The van der Waals surface area contributed by atoms with Crippen molar-refractivity contribution >= 4 is 17.9 Å². The van der Waals surface area contributed by atoms with Crippen LogP contribution in [-0.4, -0.2) is 63.8 Å². The lowest BCUT2D eigenvalue weighted by molar-refractivity contribution is -0.132. The van der Waals surface area contributed by atoms with Crippen LogP contribution in [0.15, 0.2) is 18.2 Å². The van der Waals surface area contributed by atoms with E-state index in [0.29, 0.717) is 24.4 Å². The van der Waals surface area contributed by atoms with Gasteiger partial charge in [-0.2, -0.15) is 0 Å². The number of benzene rings is 1. The number of carbonyl (C=O) groups excluding carboxylic acids is 2. The highest BCUT2D eigenvalue weighted by molar-refractivity contribution is 5.80. The van der Waals surface area contributed by atoms with Gasteiger partial charge in [-0.15, -0.1) is 0 Å². The molecule has 1 amide bonds. The quantitative estimate of drug-likeness (QED) is 0.459. The summed E-state index contributed by atoms with van der Waals surface area (Å²) in [4.78, 5) is 27.5. The second-order valence-electron chi connectivity index (χ2n) is 7.46. The summed E-state index contributed by atoms with van der Waals surface area (Å²) in [6, 6.07) is 5.53. The molecule has 1 fully saturated rings. The predicted molar refractivity (Wildman–Crippen MR) is 109 cm³/mol. The number of rotatable bonds is 11. The first kappa shape index (κ1) is 22.3. The summed E-state index contributed by atoms with van der Waals surface area (Å²) in [7, 11) is 5.20. The Bertz CT molecular complexity index is 663. The van der Waals surface area contributed by atoms with E-state index in [1.165, 1.54) is 0 Å². The molecular formula is C21H33N3O4. The third kappa shape index (κ3) is 5.31. The van der Waals surface area contributed by atoms with E-state index >= 15 is 0 Å². The normalized spacial score (nSPS) is 18.1. The van der Waals surface area contributed by atoms with Crippen molar-refractivity contribution < 1.29 is 19.1 Å². The Labute approximate surface area is 167 Å². The zero-order valence-corrected chi connectivity index (χ0v) is 17.4. The van der Waals surface area contributed by atoms with Gasteiger partial charge in [0, 0.05) is 51.0 Å². The third-order valence-corrected chi connectivity index (χ3v) is 5.54. The number of hydrogen-bond acceptors (Lipinski definition) is 6. The van der Waals surface area contributed by atoms with Gasteiger partial charge in [-0.05, 0) is 43.7 Å². The van der Waals surface area contributed by atoms with Crippen molar-refractivity contribution in [2.45, 2.75) is 45.1 Å². The predicted octanol–water partition coefficient (Wildman–Crippen LogP) is 2.03. The Kier molecular flexibility index (Phi) is 8.41. The summed E-state index contributed by atoms with van der Waals surface area (Å²) in [5, 5.41) is 0. The van der Waals surface area contributed by atoms with Crippen molar-refractivity contribution in [3.63, 3.8) is 0 Å². The first-order valence-corrected chi connectivity index (χ1v) is 9.83. The topological polar surface area (TPSA) is 85.1 Å². The van der Waals surface area contributed by atoms with Gasteiger partial charge >= 0.3 is 0 Å². The van der Waals surface area contributed by atoms with Crippen molar-refractivity contribution in [3.05, 3.63) is 29.3 Å². The van der Waals surface area contributed by atoms with Crippen molar-refractivity contribution in [2.24, 2.45) is 11.7 Å². The number of hydrogen-bond donors (Lipinski definition) is 1. The number of carbonyl (C=O) groups is 2. The van der Waals surface area contributed by atoms with Crippen molar-refractivity contribution in [1.29, 1.82) is 0 Å². The average molecular weight is 392 g/mol. The average Bonchev–Trinajstić information content (AvgIpc) is 3.16.